The lowest BCUT2D eigenvalue weighted by Crippen LogP contribution is -2.11. The third-order valence-corrected chi connectivity index (χ3v) is 2.29. The fourth-order valence-electron chi connectivity index (χ4n) is 1.28. The van der Waals surface area contributed by atoms with Gasteiger partial charge in [-0.2, -0.15) is 0 Å². The standard InChI is InChI=1S/C11H17NO2/c1-8-3-4-9(7-11(8)14)10(13)5-6-12-2/h3-4,7,10,12-14H,5-6H2,1-2H3. The lowest BCUT2D eigenvalue weighted by atomic mass is 10.0. The van der Waals surface area contributed by atoms with Crippen molar-refractivity contribution in [1.82, 2.24) is 5.32 Å². The van der Waals surface area contributed by atoms with E-state index in [4.69, 9.17) is 0 Å². The van der Waals surface area contributed by atoms with Crippen LogP contribution >= 0.6 is 0 Å². The number of aromatic hydroxyl groups is 1. The zero-order chi connectivity index (χ0) is 10.6. The fraction of sp³-hybridized carbons (Fsp3) is 0.455. The Morgan fingerprint density at radius 1 is 1.43 bits per heavy atom. The second-order valence-electron chi connectivity index (χ2n) is 3.45. The molecule has 0 aromatic heterocycles. The monoisotopic (exact) mass is 195 g/mol. The van der Waals surface area contributed by atoms with E-state index in [0.717, 1.165) is 17.7 Å². The summed E-state index contributed by atoms with van der Waals surface area (Å²) in [5.74, 6) is 0.242. The predicted molar refractivity (Wildman–Crippen MR) is 56.3 cm³/mol. The summed E-state index contributed by atoms with van der Waals surface area (Å²) in [6.45, 7) is 2.59. The number of aliphatic hydroxyl groups excluding tert-OH is 1. The van der Waals surface area contributed by atoms with E-state index in [1.807, 2.05) is 26.1 Å². The van der Waals surface area contributed by atoms with Gasteiger partial charge in [0.1, 0.15) is 5.75 Å². The second kappa shape index (κ2) is 4.98. The van der Waals surface area contributed by atoms with Crippen molar-refractivity contribution in [3.63, 3.8) is 0 Å². The topological polar surface area (TPSA) is 52.5 Å². The molecule has 0 heterocycles. The van der Waals surface area contributed by atoms with Crippen molar-refractivity contribution < 1.29 is 10.2 Å². The lowest BCUT2D eigenvalue weighted by molar-refractivity contribution is 0.167. The third kappa shape index (κ3) is 2.72. The van der Waals surface area contributed by atoms with Crippen LogP contribution in [0.3, 0.4) is 0 Å². The molecule has 0 aliphatic rings. The first-order chi connectivity index (χ1) is 6.65. The molecular weight excluding hydrogens is 178 g/mol. The van der Waals surface area contributed by atoms with Crippen molar-refractivity contribution in [3.05, 3.63) is 29.3 Å². The number of hydrogen-bond donors (Lipinski definition) is 3. The summed E-state index contributed by atoms with van der Waals surface area (Å²) in [6, 6.07) is 5.28. The van der Waals surface area contributed by atoms with Crippen molar-refractivity contribution in [1.29, 1.82) is 0 Å². The number of hydrogen-bond acceptors (Lipinski definition) is 3. The molecule has 3 N–H and O–H groups in total. The molecule has 1 atom stereocenters. The van der Waals surface area contributed by atoms with Crippen LogP contribution in [0.5, 0.6) is 5.75 Å². The highest BCUT2D eigenvalue weighted by molar-refractivity contribution is 5.36. The molecular formula is C11H17NO2. The van der Waals surface area contributed by atoms with E-state index >= 15 is 0 Å². The van der Waals surface area contributed by atoms with E-state index in [1.165, 1.54) is 0 Å². The van der Waals surface area contributed by atoms with Crippen molar-refractivity contribution in [3.8, 4) is 5.75 Å². The lowest BCUT2D eigenvalue weighted by Gasteiger charge is -2.11. The molecule has 1 aromatic carbocycles. The van der Waals surface area contributed by atoms with Crippen LogP contribution in [0.4, 0.5) is 0 Å². The van der Waals surface area contributed by atoms with Gasteiger partial charge in [0.2, 0.25) is 0 Å². The first-order valence-corrected chi connectivity index (χ1v) is 4.77. The molecule has 1 rings (SSSR count). The van der Waals surface area contributed by atoms with Gasteiger partial charge in [0.25, 0.3) is 0 Å². The number of aryl methyl sites for hydroxylation is 1. The highest BCUT2D eigenvalue weighted by Crippen LogP contribution is 2.23. The van der Waals surface area contributed by atoms with Crippen LogP contribution < -0.4 is 5.32 Å². The zero-order valence-electron chi connectivity index (χ0n) is 8.62. The Kier molecular flexibility index (Phi) is 3.92. The van der Waals surface area contributed by atoms with Gasteiger partial charge in [0.15, 0.2) is 0 Å². The van der Waals surface area contributed by atoms with Crippen LogP contribution in [-0.2, 0) is 0 Å². The summed E-state index contributed by atoms with van der Waals surface area (Å²) in [7, 11) is 1.85. The van der Waals surface area contributed by atoms with Gasteiger partial charge in [-0.25, -0.2) is 0 Å². The van der Waals surface area contributed by atoms with Gasteiger partial charge in [-0.05, 0) is 44.1 Å². The van der Waals surface area contributed by atoms with Crippen molar-refractivity contribution in [2.45, 2.75) is 19.4 Å². The minimum absolute atomic E-state index is 0.242. The molecule has 3 heteroatoms. The fourth-order valence-corrected chi connectivity index (χ4v) is 1.28. The average molecular weight is 195 g/mol. The third-order valence-electron chi connectivity index (χ3n) is 2.29. The van der Waals surface area contributed by atoms with E-state index in [0.29, 0.717) is 6.42 Å². The molecule has 1 aromatic rings. The smallest absolute Gasteiger partial charge is 0.118 e. The quantitative estimate of drug-likeness (QED) is 0.679. The first-order valence-electron chi connectivity index (χ1n) is 4.77. The van der Waals surface area contributed by atoms with Gasteiger partial charge in [0.05, 0.1) is 6.10 Å². The molecule has 0 saturated carbocycles. The maximum atomic E-state index is 9.72. The van der Waals surface area contributed by atoms with E-state index in [9.17, 15) is 10.2 Å². The van der Waals surface area contributed by atoms with Crippen LogP contribution in [-0.4, -0.2) is 23.8 Å². The van der Waals surface area contributed by atoms with Crippen LogP contribution in [0.25, 0.3) is 0 Å². The maximum Gasteiger partial charge on any atom is 0.118 e. The molecule has 3 nitrogen and oxygen atoms in total. The van der Waals surface area contributed by atoms with E-state index in [-0.39, 0.29) is 5.75 Å². The van der Waals surface area contributed by atoms with Gasteiger partial charge in [-0.1, -0.05) is 12.1 Å². The Hall–Kier alpha value is -1.06. The summed E-state index contributed by atoms with van der Waals surface area (Å²) in [5.41, 5.74) is 1.60. The zero-order valence-corrected chi connectivity index (χ0v) is 8.62. The van der Waals surface area contributed by atoms with Crippen LogP contribution in [0.1, 0.15) is 23.7 Å². The van der Waals surface area contributed by atoms with Crippen molar-refractivity contribution in [2.24, 2.45) is 0 Å². The first kappa shape index (κ1) is 11.0. The normalized spacial score (nSPS) is 12.8. The SMILES string of the molecule is CNCCC(O)c1ccc(C)c(O)c1. The predicted octanol–water partition coefficient (Wildman–Crippen LogP) is 1.34. The number of phenolic OH excluding ortho intramolecular Hbond substituents is 1. The highest BCUT2D eigenvalue weighted by Gasteiger charge is 2.08. The number of phenols is 1. The van der Waals surface area contributed by atoms with Gasteiger partial charge >= 0.3 is 0 Å². The molecule has 0 amide bonds. The van der Waals surface area contributed by atoms with Gasteiger partial charge in [-0.3, -0.25) is 0 Å². The summed E-state index contributed by atoms with van der Waals surface area (Å²) in [4.78, 5) is 0. The minimum atomic E-state index is -0.506. The summed E-state index contributed by atoms with van der Waals surface area (Å²) < 4.78 is 0. The van der Waals surface area contributed by atoms with Gasteiger partial charge in [-0.15, -0.1) is 0 Å². The molecule has 0 fully saturated rings. The maximum absolute atomic E-state index is 9.72. The molecule has 0 saturated heterocycles. The van der Waals surface area contributed by atoms with Crippen LogP contribution in [0.2, 0.25) is 0 Å². The molecule has 1 unspecified atom stereocenters. The number of benzene rings is 1. The van der Waals surface area contributed by atoms with Gasteiger partial charge in [0, 0.05) is 0 Å². The summed E-state index contributed by atoms with van der Waals surface area (Å²) in [6.07, 6.45) is 0.146. The van der Waals surface area contributed by atoms with E-state index in [2.05, 4.69) is 5.32 Å². The summed E-state index contributed by atoms with van der Waals surface area (Å²) >= 11 is 0. The van der Waals surface area contributed by atoms with Crippen LogP contribution in [0, 0.1) is 6.92 Å². The molecule has 0 aliphatic carbocycles. The van der Waals surface area contributed by atoms with Crippen molar-refractivity contribution >= 4 is 0 Å². The molecule has 0 radical (unpaired) electrons. The van der Waals surface area contributed by atoms with Crippen molar-refractivity contribution in [2.75, 3.05) is 13.6 Å². The Balaban J connectivity index is 2.70. The average Bonchev–Trinajstić information content (AvgIpc) is 2.18. The highest BCUT2D eigenvalue weighted by atomic mass is 16.3. The molecule has 0 aliphatic heterocycles. The van der Waals surface area contributed by atoms with Gasteiger partial charge < -0.3 is 15.5 Å². The molecule has 0 bridgehead atoms. The minimum Gasteiger partial charge on any atom is -0.508 e. The Labute approximate surface area is 84.4 Å². The number of aliphatic hydroxyl groups is 1. The van der Waals surface area contributed by atoms with Crippen LogP contribution in [0.15, 0.2) is 18.2 Å². The Morgan fingerprint density at radius 2 is 2.14 bits per heavy atom. The second-order valence-corrected chi connectivity index (χ2v) is 3.45. The number of nitrogens with one attached hydrogen (secondary N) is 1. The molecule has 78 valence electrons. The summed E-state index contributed by atoms with van der Waals surface area (Å²) in [5, 5.41) is 22.1. The van der Waals surface area contributed by atoms with E-state index < -0.39 is 6.10 Å². The van der Waals surface area contributed by atoms with E-state index in [1.54, 1.807) is 6.07 Å². The molecule has 14 heavy (non-hydrogen) atoms. The largest absolute Gasteiger partial charge is 0.508 e. The Morgan fingerprint density at radius 3 is 2.71 bits per heavy atom. The Bertz CT molecular complexity index is 299. The molecule has 0 spiro atoms. The number of rotatable bonds is 4.